The summed E-state index contributed by atoms with van der Waals surface area (Å²) >= 11 is 1.50. The van der Waals surface area contributed by atoms with E-state index >= 15 is 0 Å². The molecule has 2 N–H and O–H groups in total. The van der Waals surface area contributed by atoms with Gasteiger partial charge in [-0.2, -0.15) is 0 Å². The van der Waals surface area contributed by atoms with Gasteiger partial charge in [0.05, 0.1) is 9.88 Å². The van der Waals surface area contributed by atoms with Crippen LogP contribution in [0.3, 0.4) is 0 Å². The minimum Gasteiger partial charge on any atom is -0.380 e. The van der Waals surface area contributed by atoms with Gasteiger partial charge in [-0.15, -0.1) is 11.3 Å². The van der Waals surface area contributed by atoms with Gasteiger partial charge in [0, 0.05) is 13.1 Å². The number of anilines is 1. The first kappa shape index (κ1) is 10.5. The Morgan fingerprint density at radius 3 is 2.73 bits per heavy atom. The zero-order valence-corrected chi connectivity index (χ0v) is 9.69. The maximum Gasteiger partial charge on any atom is 0.261 e. The van der Waals surface area contributed by atoms with Gasteiger partial charge < -0.3 is 10.6 Å². The zero-order chi connectivity index (χ0) is 10.7. The summed E-state index contributed by atoms with van der Waals surface area (Å²) in [5.41, 5.74) is 0. The van der Waals surface area contributed by atoms with Crippen molar-refractivity contribution >= 4 is 22.2 Å². The van der Waals surface area contributed by atoms with E-state index in [-0.39, 0.29) is 5.91 Å². The smallest absolute Gasteiger partial charge is 0.261 e. The molecule has 0 aromatic carbocycles. The van der Waals surface area contributed by atoms with Crippen molar-refractivity contribution in [3.8, 4) is 0 Å². The van der Waals surface area contributed by atoms with Crippen LogP contribution in [0.25, 0.3) is 0 Å². The Bertz CT molecular complexity index is 342. The maximum atomic E-state index is 11.8. The van der Waals surface area contributed by atoms with Gasteiger partial charge in [-0.3, -0.25) is 4.79 Å². The quantitative estimate of drug-likeness (QED) is 0.828. The van der Waals surface area contributed by atoms with Crippen LogP contribution in [0.15, 0.2) is 12.1 Å². The Morgan fingerprint density at radius 2 is 2.13 bits per heavy atom. The van der Waals surface area contributed by atoms with Crippen molar-refractivity contribution in [2.24, 2.45) is 0 Å². The Labute approximate surface area is 93.9 Å². The molecule has 2 rings (SSSR count). The van der Waals surface area contributed by atoms with Crippen LogP contribution in [-0.4, -0.2) is 19.0 Å². The lowest BCUT2D eigenvalue weighted by molar-refractivity contribution is 0.0942. The molecule has 0 radical (unpaired) electrons. The van der Waals surface area contributed by atoms with Gasteiger partial charge in [-0.1, -0.05) is 12.8 Å². The highest BCUT2D eigenvalue weighted by Crippen LogP contribution is 2.22. The SMILES string of the molecule is CNc1ccc(C(=O)NC2CCCC2)s1. The molecule has 0 aliphatic heterocycles. The molecular weight excluding hydrogens is 208 g/mol. The third-order valence-electron chi connectivity index (χ3n) is 2.77. The number of rotatable bonds is 3. The van der Waals surface area contributed by atoms with E-state index < -0.39 is 0 Å². The summed E-state index contributed by atoms with van der Waals surface area (Å²) in [7, 11) is 1.87. The summed E-state index contributed by atoms with van der Waals surface area (Å²) in [5, 5.41) is 7.14. The minimum absolute atomic E-state index is 0.0772. The topological polar surface area (TPSA) is 41.1 Å². The van der Waals surface area contributed by atoms with E-state index in [1.807, 2.05) is 19.2 Å². The lowest BCUT2D eigenvalue weighted by atomic mass is 10.2. The number of carbonyl (C=O) groups is 1. The largest absolute Gasteiger partial charge is 0.380 e. The summed E-state index contributed by atoms with van der Waals surface area (Å²) in [4.78, 5) is 12.6. The van der Waals surface area contributed by atoms with Gasteiger partial charge in [0.15, 0.2) is 0 Å². The highest BCUT2D eigenvalue weighted by molar-refractivity contribution is 7.17. The summed E-state index contributed by atoms with van der Waals surface area (Å²) in [6.07, 6.45) is 4.76. The molecule has 0 bridgehead atoms. The number of hydrogen-bond donors (Lipinski definition) is 2. The van der Waals surface area contributed by atoms with Crippen LogP contribution >= 0.6 is 11.3 Å². The molecule has 1 heterocycles. The highest BCUT2D eigenvalue weighted by atomic mass is 32.1. The second-order valence-corrected chi connectivity index (χ2v) is 4.95. The predicted molar refractivity (Wildman–Crippen MR) is 63.6 cm³/mol. The number of carbonyl (C=O) groups excluding carboxylic acids is 1. The fourth-order valence-corrected chi connectivity index (χ4v) is 2.68. The molecule has 3 nitrogen and oxygen atoms in total. The molecule has 1 saturated carbocycles. The fourth-order valence-electron chi connectivity index (χ4n) is 1.92. The molecule has 1 aliphatic carbocycles. The average molecular weight is 224 g/mol. The molecule has 15 heavy (non-hydrogen) atoms. The van der Waals surface area contributed by atoms with E-state index in [4.69, 9.17) is 0 Å². The highest BCUT2D eigenvalue weighted by Gasteiger charge is 2.18. The van der Waals surface area contributed by atoms with E-state index in [0.717, 1.165) is 22.7 Å². The molecule has 1 aliphatic rings. The standard InChI is InChI=1S/C11H16N2OS/c1-12-10-7-6-9(15-10)11(14)13-8-4-2-3-5-8/h6-8,12H,2-5H2,1H3,(H,13,14). The molecule has 1 aromatic rings. The number of amides is 1. The Balaban J connectivity index is 1.94. The Morgan fingerprint density at radius 1 is 1.40 bits per heavy atom. The number of thiophene rings is 1. The van der Waals surface area contributed by atoms with Crippen molar-refractivity contribution < 1.29 is 4.79 Å². The molecule has 0 spiro atoms. The molecule has 1 fully saturated rings. The summed E-state index contributed by atoms with van der Waals surface area (Å²) in [6, 6.07) is 4.22. The van der Waals surface area contributed by atoms with Crippen molar-refractivity contribution in [2.75, 3.05) is 12.4 Å². The normalized spacial score (nSPS) is 16.6. The summed E-state index contributed by atoms with van der Waals surface area (Å²) in [5.74, 6) is 0.0772. The zero-order valence-electron chi connectivity index (χ0n) is 8.88. The van der Waals surface area contributed by atoms with Crippen LogP contribution in [0.1, 0.15) is 35.4 Å². The van der Waals surface area contributed by atoms with Gasteiger partial charge >= 0.3 is 0 Å². The third kappa shape index (κ3) is 2.50. The van der Waals surface area contributed by atoms with Crippen molar-refractivity contribution in [2.45, 2.75) is 31.7 Å². The maximum absolute atomic E-state index is 11.8. The van der Waals surface area contributed by atoms with Crippen LogP contribution in [0.4, 0.5) is 5.00 Å². The lowest BCUT2D eigenvalue weighted by Gasteiger charge is -2.10. The van der Waals surface area contributed by atoms with Crippen LogP contribution < -0.4 is 10.6 Å². The van der Waals surface area contributed by atoms with E-state index in [2.05, 4.69) is 10.6 Å². The first-order valence-corrected chi connectivity index (χ1v) is 6.19. The summed E-state index contributed by atoms with van der Waals surface area (Å²) < 4.78 is 0. The lowest BCUT2D eigenvalue weighted by Crippen LogP contribution is -2.31. The molecular formula is C11H16N2OS. The second-order valence-electron chi connectivity index (χ2n) is 3.87. The fraction of sp³-hybridized carbons (Fsp3) is 0.545. The van der Waals surface area contributed by atoms with Crippen LogP contribution in [0.5, 0.6) is 0 Å². The monoisotopic (exact) mass is 224 g/mol. The van der Waals surface area contributed by atoms with Crippen molar-refractivity contribution in [3.05, 3.63) is 17.0 Å². The van der Waals surface area contributed by atoms with Crippen molar-refractivity contribution in [3.63, 3.8) is 0 Å². The molecule has 0 atom stereocenters. The molecule has 82 valence electrons. The second kappa shape index (κ2) is 4.66. The predicted octanol–water partition coefficient (Wildman–Crippen LogP) is 2.46. The van der Waals surface area contributed by atoms with Crippen molar-refractivity contribution in [1.82, 2.24) is 5.32 Å². The molecule has 1 amide bonds. The van der Waals surface area contributed by atoms with Crippen LogP contribution in [0.2, 0.25) is 0 Å². The van der Waals surface area contributed by atoms with Crippen LogP contribution in [-0.2, 0) is 0 Å². The Kier molecular flexibility index (Phi) is 3.26. The van der Waals surface area contributed by atoms with Gasteiger partial charge in [0.2, 0.25) is 0 Å². The van der Waals surface area contributed by atoms with Crippen molar-refractivity contribution in [1.29, 1.82) is 0 Å². The average Bonchev–Trinajstić information content (AvgIpc) is 2.86. The number of hydrogen-bond acceptors (Lipinski definition) is 3. The molecule has 0 saturated heterocycles. The molecule has 1 aromatic heterocycles. The Hall–Kier alpha value is -1.03. The molecule has 0 unspecified atom stereocenters. The first-order chi connectivity index (χ1) is 7.29. The van der Waals surface area contributed by atoms with Gasteiger partial charge in [0.25, 0.3) is 5.91 Å². The van der Waals surface area contributed by atoms with E-state index in [1.54, 1.807) is 0 Å². The third-order valence-corrected chi connectivity index (χ3v) is 3.87. The van der Waals surface area contributed by atoms with Gasteiger partial charge in [-0.05, 0) is 25.0 Å². The van der Waals surface area contributed by atoms with E-state index in [9.17, 15) is 4.79 Å². The first-order valence-electron chi connectivity index (χ1n) is 5.38. The number of nitrogens with one attached hydrogen (secondary N) is 2. The van der Waals surface area contributed by atoms with Crippen LogP contribution in [0, 0.1) is 0 Å². The summed E-state index contributed by atoms with van der Waals surface area (Å²) in [6.45, 7) is 0. The van der Waals surface area contributed by atoms with E-state index in [1.165, 1.54) is 24.2 Å². The minimum atomic E-state index is 0.0772. The van der Waals surface area contributed by atoms with Gasteiger partial charge in [-0.25, -0.2) is 0 Å². The van der Waals surface area contributed by atoms with E-state index in [0.29, 0.717) is 6.04 Å². The van der Waals surface area contributed by atoms with Gasteiger partial charge in [0.1, 0.15) is 0 Å². The molecule has 4 heteroatoms.